The Labute approximate surface area is 191 Å². The Morgan fingerprint density at radius 3 is 2.64 bits per heavy atom. The van der Waals surface area contributed by atoms with Crippen molar-refractivity contribution < 1.29 is 28.9 Å². The number of nitrogens with zero attached hydrogens (tertiary/aromatic N) is 1. The average Bonchev–Trinajstić information content (AvgIpc) is 3.37. The molecule has 8 heteroatoms. The van der Waals surface area contributed by atoms with Crippen LogP contribution in [0.5, 0.6) is 11.5 Å². The van der Waals surface area contributed by atoms with Crippen LogP contribution < -0.4 is 9.47 Å². The molecule has 3 aromatic rings. The molecule has 4 rings (SSSR count). The summed E-state index contributed by atoms with van der Waals surface area (Å²) in [7, 11) is 3.05. The number of fused-ring (bicyclic) bond motifs is 1. The summed E-state index contributed by atoms with van der Waals surface area (Å²) >= 11 is 0. The number of para-hydroxylation sites is 1. The number of methoxy groups -OCH3 is 2. The highest BCUT2D eigenvalue weighted by Gasteiger charge is 2.46. The predicted octanol–water partition coefficient (Wildman–Crippen LogP) is 3.64. The van der Waals surface area contributed by atoms with E-state index < -0.39 is 17.7 Å². The van der Waals surface area contributed by atoms with Crippen molar-refractivity contribution in [3.05, 3.63) is 65.4 Å². The number of likely N-dealkylation sites (tertiary alicyclic amines) is 1. The number of ether oxygens (including phenoxy) is 3. The molecule has 0 aliphatic carbocycles. The molecule has 0 spiro atoms. The van der Waals surface area contributed by atoms with E-state index in [-0.39, 0.29) is 24.5 Å². The first kappa shape index (κ1) is 22.4. The molecule has 1 aromatic heterocycles. The monoisotopic (exact) mass is 450 g/mol. The molecule has 0 radical (unpaired) electrons. The number of H-pyrrole nitrogens is 1. The van der Waals surface area contributed by atoms with Crippen LogP contribution in [0.3, 0.4) is 0 Å². The van der Waals surface area contributed by atoms with Crippen molar-refractivity contribution in [2.24, 2.45) is 0 Å². The number of Topliss-reactive ketones (excluding diaryl/α,β-unsaturated/α-hetero) is 1. The normalized spacial score (nSPS) is 17.7. The molecule has 2 heterocycles. The number of aromatic amines is 1. The van der Waals surface area contributed by atoms with E-state index in [1.54, 1.807) is 24.4 Å². The molecule has 8 nitrogen and oxygen atoms in total. The zero-order valence-electron chi connectivity index (χ0n) is 18.8. The van der Waals surface area contributed by atoms with Gasteiger partial charge in [-0.1, -0.05) is 24.3 Å². The van der Waals surface area contributed by atoms with Gasteiger partial charge in [-0.15, -0.1) is 0 Å². The van der Waals surface area contributed by atoms with E-state index >= 15 is 0 Å². The second kappa shape index (κ2) is 9.38. The van der Waals surface area contributed by atoms with Gasteiger partial charge in [-0.3, -0.25) is 9.59 Å². The van der Waals surface area contributed by atoms with E-state index in [4.69, 9.17) is 14.2 Å². The molecule has 1 fully saturated rings. The lowest BCUT2D eigenvalue weighted by Crippen LogP contribution is -2.32. The predicted molar refractivity (Wildman–Crippen MR) is 123 cm³/mol. The molecule has 0 bridgehead atoms. The van der Waals surface area contributed by atoms with Crippen LogP contribution in [0.15, 0.2) is 54.2 Å². The van der Waals surface area contributed by atoms with Crippen molar-refractivity contribution >= 4 is 28.4 Å². The number of hydrogen-bond acceptors (Lipinski definition) is 6. The van der Waals surface area contributed by atoms with E-state index in [0.29, 0.717) is 29.2 Å². The van der Waals surface area contributed by atoms with Crippen molar-refractivity contribution in [1.82, 2.24) is 9.88 Å². The van der Waals surface area contributed by atoms with Gasteiger partial charge in [0.05, 0.1) is 31.9 Å². The molecule has 0 saturated carbocycles. The number of aliphatic hydroxyl groups excluding tert-OH is 1. The summed E-state index contributed by atoms with van der Waals surface area (Å²) in [5, 5.41) is 12.1. The second-order valence-corrected chi connectivity index (χ2v) is 7.58. The number of aliphatic hydroxyl groups is 1. The lowest BCUT2D eigenvalue weighted by atomic mass is 9.95. The molecule has 1 atom stereocenters. The Hall–Kier alpha value is -3.78. The van der Waals surface area contributed by atoms with Crippen LogP contribution in [0.4, 0.5) is 0 Å². The van der Waals surface area contributed by atoms with Gasteiger partial charge in [-0.05, 0) is 30.7 Å². The van der Waals surface area contributed by atoms with Gasteiger partial charge in [-0.25, -0.2) is 0 Å². The third-order valence-electron chi connectivity index (χ3n) is 5.72. The van der Waals surface area contributed by atoms with E-state index in [0.717, 1.165) is 10.9 Å². The quantitative estimate of drug-likeness (QED) is 0.309. The Morgan fingerprint density at radius 2 is 1.91 bits per heavy atom. The lowest BCUT2D eigenvalue weighted by molar-refractivity contribution is -0.140. The SMILES string of the molecule is CCOc1ccc(C2/C(=C(/O)c3c[nH]c4ccccc34)C(=O)C(=O)N2CCOC)cc1OC. The smallest absolute Gasteiger partial charge is 0.295 e. The molecule has 33 heavy (non-hydrogen) atoms. The van der Waals surface area contributed by atoms with E-state index in [2.05, 4.69) is 4.98 Å². The standard InChI is InChI=1S/C25H26N2O6/c1-4-33-19-10-9-15(13-20(19)32-3)22-21(24(29)25(30)27(22)11-12-31-2)23(28)17-14-26-18-8-6-5-7-16(17)18/h5-10,13-14,22,26,28H,4,11-12H2,1-3H3/b23-21-. The second-order valence-electron chi connectivity index (χ2n) is 7.58. The Morgan fingerprint density at radius 1 is 1.12 bits per heavy atom. The number of benzene rings is 2. The molecule has 1 saturated heterocycles. The molecular formula is C25H26N2O6. The third kappa shape index (κ3) is 3.93. The Balaban J connectivity index is 1.90. The van der Waals surface area contributed by atoms with Crippen molar-refractivity contribution in [2.45, 2.75) is 13.0 Å². The van der Waals surface area contributed by atoms with Gasteiger partial charge in [0, 0.05) is 36.3 Å². The van der Waals surface area contributed by atoms with E-state index in [9.17, 15) is 14.7 Å². The molecular weight excluding hydrogens is 424 g/mol. The Kier molecular flexibility index (Phi) is 6.37. The fraction of sp³-hybridized carbons (Fsp3) is 0.280. The van der Waals surface area contributed by atoms with Crippen LogP contribution >= 0.6 is 0 Å². The van der Waals surface area contributed by atoms with Gasteiger partial charge in [0.25, 0.3) is 11.7 Å². The third-order valence-corrected chi connectivity index (χ3v) is 5.72. The first-order valence-corrected chi connectivity index (χ1v) is 10.7. The summed E-state index contributed by atoms with van der Waals surface area (Å²) in [6.07, 6.45) is 1.64. The number of rotatable bonds is 8. The van der Waals surface area contributed by atoms with E-state index in [1.807, 2.05) is 31.2 Å². The van der Waals surface area contributed by atoms with Crippen LogP contribution in [-0.2, 0) is 14.3 Å². The minimum absolute atomic E-state index is 0.0204. The van der Waals surface area contributed by atoms with Gasteiger partial charge in [0.2, 0.25) is 0 Å². The summed E-state index contributed by atoms with van der Waals surface area (Å²) in [4.78, 5) is 30.6. The van der Waals surface area contributed by atoms with Crippen molar-refractivity contribution in [1.29, 1.82) is 0 Å². The maximum Gasteiger partial charge on any atom is 0.295 e. The van der Waals surface area contributed by atoms with Gasteiger partial charge in [0.1, 0.15) is 5.76 Å². The number of hydrogen-bond donors (Lipinski definition) is 2. The maximum absolute atomic E-state index is 13.1. The lowest BCUT2D eigenvalue weighted by Gasteiger charge is -2.25. The van der Waals surface area contributed by atoms with Crippen LogP contribution in [0.25, 0.3) is 16.7 Å². The molecule has 1 aliphatic heterocycles. The highest BCUT2D eigenvalue weighted by Crippen LogP contribution is 2.42. The highest BCUT2D eigenvalue weighted by molar-refractivity contribution is 6.46. The van der Waals surface area contributed by atoms with E-state index in [1.165, 1.54) is 19.1 Å². The maximum atomic E-state index is 13.1. The topological polar surface area (TPSA) is 101 Å². The highest BCUT2D eigenvalue weighted by atomic mass is 16.5. The van der Waals surface area contributed by atoms with Crippen LogP contribution in [-0.4, -0.2) is 60.7 Å². The Bertz CT molecular complexity index is 1230. The van der Waals surface area contributed by atoms with Crippen molar-refractivity contribution in [3.63, 3.8) is 0 Å². The first-order valence-electron chi connectivity index (χ1n) is 10.7. The molecule has 1 unspecified atom stereocenters. The van der Waals surface area contributed by atoms with Crippen molar-refractivity contribution in [3.8, 4) is 11.5 Å². The number of nitrogens with one attached hydrogen (secondary N) is 1. The number of aromatic nitrogens is 1. The molecule has 1 amide bonds. The molecule has 1 aliphatic rings. The van der Waals surface area contributed by atoms with Gasteiger partial charge in [0.15, 0.2) is 11.5 Å². The minimum Gasteiger partial charge on any atom is -0.507 e. The largest absolute Gasteiger partial charge is 0.507 e. The molecule has 172 valence electrons. The van der Waals surface area contributed by atoms with Gasteiger partial charge < -0.3 is 29.2 Å². The summed E-state index contributed by atoms with van der Waals surface area (Å²) in [6, 6.07) is 11.9. The summed E-state index contributed by atoms with van der Waals surface area (Å²) in [5.41, 5.74) is 1.91. The summed E-state index contributed by atoms with van der Waals surface area (Å²) in [5.74, 6) is -0.644. The summed E-state index contributed by atoms with van der Waals surface area (Å²) in [6.45, 7) is 2.76. The van der Waals surface area contributed by atoms with Gasteiger partial charge >= 0.3 is 0 Å². The zero-order chi connectivity index (χ0) is 23.5. The van der Waals surface area contributed by atoms with Crippen molar-refractivity contribution in [2.75, 3.05) is 34.0 Å². The number of amides is 1. The minimum atomic E-state index is -0.807. The molecule has 2 N–H and O–H groups in total. The molecule has 2 aromatic carbocycles. The fourth-order valence-corrected chi connectivity index (χ4v) is 4.19. The number of carbonyl (C=O) groups is 2. The summed E-state index contributed by atoms with van der Waals surface area (Å²) < 4.78 is 16.2. The zero-order valence-corrected chi connectivity index (χ0v) is 18.8. The number of ketones is 1. The fourth-order valence-electron chi connectivity index (χ4n) is 4.19. The van der Waals surface area contributed by atoms with Crippen LogP contribution in [0.2, 0.25) is 0 Å². The average molecular weight is 450 g/mol. The first-order chi connectivity index (χ1) is 16.0. The number of carbonyl (C=O) groups excluding carboxylic acids is 2. The van der Waals surface area contributed by atoms with Gasteiger partial charge in [-0.2, -0.15) is 0 Å². The van der Waals surface area contributed by atoms with Crippen LogP contribution in [0.1, 0.15) is 24.1 Å². The van der Waals surface area contributed by atoms with Crippen LogP contribution in [0, 0.1) is 0 Å².